The number of nitrogens with two attached hydrogens (primary N) is 1. The average molecular weight is 474 g/mol. The molecule has 3 rings (SSSR count). The van der Waals surface area contributed by atoms with E-state index in [9.17, 15) is 4.79 Å². The van der Waals surface area contributed by atoms with Gasteiger partial charge in [0.05, 0.1) is 17.8 Å². The van der Waals surface area contributed by atoms with Crippen LogP contribution in [0, 0.1) is 19.8 Å². The summed E-state index contributed by atoms with van der Waals surface area (Å²) < 4.78 is 0. The van der Waals surface area contributed by atoms with Crippen molar-refractivity contribution in [1.29, 1.82) is 0 Å². The number of rotatable bonds is 7. The van der Waals surface area contributed by atoms with Crippen molar-refractivity contribution in [2.45, 2.75) is 47.1 Å². The molecular formula is C26H33Cl2N3O. The molecule has 0 saturated carbocycles. The van der Waals surface area contributed by atoms with Gasteiger partial charge in [-0.15, -0.1) is 24.8 Å². The molecule has 1 heterocycles. The molecule has 0 aliphatic carbocycles. The molecule has 0 aliphatic rings. The summed E-state index contributed by atoms with van der Waals surface area (Å²) in [7, 11) is 0. The van der Waals surface area contributed by atoms with Crippen LogP contribution in [-0.2, 0) is 24.2 Å². The number of amides is 1. The maximum atomic E-state index is 12.9. The van der Waals surface area contributed by atoms with Crippen LogP contribution in [0.1, 0.15) is 41.9 Å². The van der Waals surface area contributed by atoms with Gasteiger partial charge in [-0.1, -0.05) is 74.0 Å². The highest BCUT2D eigenvalue weighted by atomic mass is 35.5. The summed E-state index contributed by atoms with van der Waals surface area (Å²) in [5.41, 5.74) is 14.0. The highest BCUT2D eigenvalue weighted by molar-refractivity contribution is 5.98. The van der Waals surface area contributed by atoms with E-state index in [0.29, 0.717) is 18.9 Å². The summed E-state index contributed by atoms with van der Waals surface area (Å²) in [6.07, 6.45) is 1.17. The molecule has 3 aromatic rings. The lowest BCUT2D eigenvalue weighted by Gasteiger charge is -2.21. The molecule has 0 aliphatic heterocycles. The number of carbonyl (C=O) groups is 1. The molecule has 1 amide bonds. The Morgan fingerprint density at radius 1 is 1.00 bits per heavy atom. The summed E-state index contributed by atoms with van der Waals surface area (Å²) in [5, 5.41) is 3.14. The third-order valence-corrected chi connectivity index (χ3v) is 5.18. The Kier molecular flexibility index (Phi) is 10.9. The molecule has 6 heteroatoms. The minimum atomic E-state index is -0.0564. The zero-order valence-corrected chi connectivity index (χ0v) is 20.8. The van der Waals surface area contributed by atoms with Crippen molar-refractivity contribution in [3.8, 4) is 11.1 Å². The molecular weight excluding hydrogens is 441 g/mol. The van der Waals surface area contributed by atoms with Gasteiger partial charge in [-0.05, 0) is 42.9 Å². The lowest BCUT2D eigenvalue weighted by molar-refractivity contribution is -0.115. The van der Waals surface area contributed by atoms with E-state index in [1.54, 1.807) is 0 Å². The van der Waals surface area contributed by atoms with Crippen molar-refractivity contribution in [2.75, 3.05) is 5.32 Å². The van der Waals surface area contributed by atoms with Gasteiger partial charge < -0.3 is 11.1 Å². The second-order valence-electron chi connectivity index (χ2n) is 8.25. The summed E-state index contributed by atoms with van der Waals surface area (Å²) in [4.78, 5) is 17.7. The lowest BCUT2D eigenvalue weighted by atomic mass is 9.92. The predicted molar refractivity (Wildman–Crippen MR) is 139 cm³/mol. The summed E-state index contributed by atoms with van der Waals surface area (Å²) in [6.45, 7) is 8.76. The van der Waals surface area contributed by atoms with Crippen LogP contribution in [0.2, 0.25) is 0 Å². The fourth-order valence-corrected chi connectivity index (χ4v) is 3.73. The molecule has 0 bridgehead atoms. The largest absolute Gasteiger partial charge is 0.326 e. The van der Waals surface area contributed by atoms with E-state index in [0.717, 1.165) is 45.7 Å². The van der Waals surface area contributed by atoms with Gasteiger partial charge in [0.1, 0.15) is 0 Å². The molecule has 0 unspecified atom stereocenters. The number of nitrogens with zero attached hydrogens (tertiary/aromatic N) is 1. The smallest absolute Gasteiger partial charge is 0.228 e. The van der Waals surface area contributed by atoms with Gasteiger partial charge in [-0.25, -0.2) is 0 Å². The van der Waals surface area contributed by atoms with Crippen LogP contribution < -0.4 is 11.1 Å². The Bertz CT molecular complexity index is 1020. The average Bonchev–Trinajstić information content (AvgIpc) is 2.70. The van der Waals surface area contributed by atoms with Crippen molar-refractivity contribution in [1.82, 2.24) is 4.98 Å². The second-order valence-corrected chi connectivity index (χ2v) is 8.25. The zero-order chi connectivity index (χ0) is 21.7. The van der Waals surface area contributed by atoms with Gasteiger partial charge in [0.15, 0.2) is 0 Å². The molecule has 0 fully saturated rings. The maximum Gasteiger partial charge on any atom is 0.228 e. The van der Waals surface area contributed by atoms with Crippen LogP contribution in [0.4, 0.5) is 5.69 Å². The third-order valence-electron chi connectivity index (χ3n) is 5.18. The summed E-state index contributed by atoms with van der Waals surface area (Å²) >= 11 is 0. The van der Waals surface area contributed by atoms with Crippen LogP contribution in [-0.4, -0.2) is 10.9 Å². The van der Waals surface area contributed by atoms with Crippen LogP contribution in [0.5, 0.6) is 0 Å². The van der Waals surface area contributed by atoms with Gasteiger partial charge in [0.25, 0.3) is 0 Å². The second kappa shape index (κ2) is 12.6. The number of nitrogens with one attached hydrogen (secondary N) is 1. The molecule has 0 spiro atoms. The number of benzene rings is 2. The number of aromatic nitrogens is 1. The molecule has 4 nitrogen and oxygen atoms in total. The first-order chi connectivity index (χ1) is 14.4. The molecule has 2 aromatic carbocycles. The molecule has 3 N–H and O–H groups in total. The minimum Gasteiger partial charge on any atom is -0.326 e. The van der Waals surface area contributed by atoms with Gasteiger partial charge in [0, 0.05) is 17.8 Å². The first-order valence-electron chi connectivity index (χ1n) is 10.5. The summed E-state index contributed by atoms with van der Waals surface area (Å²) in [6, 6.07) is 18.1. The van der Waals surface area contributed by atoms with Gasteiger partial charge in [0.2, 0.25) is 5.91 Å². The highest BCUT2D eigenvalue weighted by Crippen LogP contribution is 2.36. The van der Waals surface area contributed by atoms with Gasteiger partial charge >= 0.3 is 0 Å². The topological polar surface area (TPSA) is 68.0 Å². The van der Waals surface area contributed by atoms with Gasteiger partial charge in [-0.3, -0.25) is 9.78 Å². The van der Waals surface area contributed by atoms with Crippen molar-refractivity contribution < 1.29 is 4.79 Å². The Hall–Kier alpha value is -2.40. The molecule has 32 heavy (non-hydrogen) atoms. The van der Waals surface area contributed by atoms with Crippen molar-refractivity contribution in [3.05, 3.63) is 82.7 Å². The van der Waals surface area contributed by atoms with E-state index in [1.807, 2.05) is 37.3 Å². The van der Waals surface area contributed by atoms with E-state index in [-0.39, 0.29) is 30.7 Å². The van der Waals surface area contributed by atoms with Crippen molar-refractivity contribution >= 4 is 36.4 Å². The molecule has 0 radical (unpaired) electrons. The number of halogens is 2. The quantitative estimate of drug-likeness (QED) is 0.438. The third kappa shape index (κ3) is 6.80. The van der Waals surface area contributed by atoms with E-state index in [4.69, 9.17) is 10.7 Å². The number of aryl methyl sites for hydroxylation is 2. The van der Waals surface area contributed by atoms with Crippen molar-refractivity contribution in [3.63, 3.8) is 0 Å². The molecule has 172 valence electrons. The fourth-order valence-electron chi connectivity index (χ4n) is 3.73. The van der Waals surface area contributed by atoms with Gasteiger partial charge in [-0.2, -0.15) is 0 Å². The number of anilines is 1. The Morgan fingerprint density at radius 3 is 2.19 bits per heavy atom. The van der Waals surface area contributed by atoms with E-state index in [2.05, 4.69) is 50.4 Å². The Labute approximate surface area is 203 Å². The predicted octanol–water partition coefficient (Wildman–Crippen LogP) is 6.05. The number of hydrogen-bond donors (Lipinski definition) is 2. The lowest BCUT2D eigenvalue weighted by Crippen LogP contribution is -2.19. The number of carbonyl (C=O) groups excluding carboxylic acids is 1. The Morgan fingerprint density at radius 2 is 1.62 bits per heavy atom. The normalized spacial score (nSPS) is 10.3. The van der Waals surface area contributed by atoms with Crippen LogP contribution in [0.15, 0.2) is 54.6 Å². The maximum absolute atomic E-state index is 12.9. The van der Waals surface area contributed by atoms with Crippen LogP contribution in [0.25, 0.3) is 11.1 Å². The standard InChI is InChI=1S/C26H31N3O.2ClH/c1-17(2)14-23-22(16-27)25(21-12-10-18(3)11-13-21)26(19(4)28-23)29-24(30)15-20-8-6-5-7-9-20;;/h5-13,17H,14-16,27H2,1-4H3,(H,29,30);2*1H. The molecule has 0 saturated heterocycles. The fraction of sp³-hybridized carbons (Fsp3) is 0.308. The molecule has 0 atom stereocenters. The minimum absolute atomic E-state index is 0. The summed E-state index contributed by atoms with van der Waals surface area (Å²) in [5.74, 6) is 0.408. The van der Waals surface area contributed by atoms with E-state index < -0.39 is 0 Å². The van der Waals surface area contributed by atoms with Crippen LogP contribution >= 0.6 is 24.8 Å². The van der Waals surface area contributed by atoms with Crippen LogP contribution in [0.3, 0.4) is 0 Å². The number of pyridine rings is 1. The SMILES string of the molecule is Cc1ccc(-c2c(CN)c(CC(C)C)nc(C)c2NC(=O)Cc2ccccc2)cc1.Cl.Cl. The Balaban J connectivity index is 0.00000256. The van der Waals surface area contributed by atoms with Crippen molar-refractivity contribution in [2.24, 2.45) is 11.7 Å². The first kappa shape index (κ1) is 27.6. The number of hydrogen-bond acceptors (Lipinski definition) is 3. The monoisotopic (exact) mass is 473 g/mol. The zero-order valence-electron chi connectivity index (χ0n) is 19.1. The first-order valence-corrected chi connectivity index (χ1v) is 10.5. The van der Waals surface area contributed by atoms with E-state index >= 15 is 0 Å². The molecule has 1 aromatic heterocycles. The highest BCUT2D eigenvalue weighted by Gasteiger charge is 2.20. The van der Waals surface area contributed by atoms with E-state index in [1.165, 1.54) is 5.56 Å².